The van der Waals surface area contributed by atoms with Crippen LogP contribution in [0.15, 0.2) is 53.9 Å². The van der Waals surface area contributed by atoms with Gasteiger partial charge in [0.25, 0.3) is 6.34 Å². The normalized spacial score (nSPS) is 13.7. The fourth-order valence-corrected chi connectivity index (χ4v) is 2.76. The first-order chi connectivity index (χ1) is 14.8. The van der Waals surface area contributed by atoms with E-state index in [1.807, 2.05) is 62.2 Å². The Kier molecular flexibility index (Phi) is 9.27. The molecule has 0 fully saturated rings. The lowest BCUT2D eigenvalue weighted by atomic mass is 10.1. The molecule has 0 saturated heterocycles. The summed E-state index contributed by atoms with van der Waals surface area (Å²) < 4.78 is 5.23. The first kappa shape index (κ1) is 24.1. The minimum Gasteiger partial charge on any atom is -0.444 e. The summed E-state index contributed by atoms with van der Waals surface area (Å²) in [6.45, 7) is 8.77. The smallest absolute Gasteiger partial charge is 0.407 e. The van der Waals surface area contributed by atoms with Gasteiger partial charge in [0.15, 0.2) is 5.69 Å². The fourth-order valence-electron chi connectivity index (χ4n) is 2.76. The first-order valence-corrected chi connectivity index (χ1v) is 10.6. The summed E-state index contributed by atoms with van der Waals surface area (Å²) in [6, 6.07) is 9.36. The Hall–Kier alpha value is -3.13. The molecule has 0 spiro atoms. The third-order valence-electron chi connectivity index (χ3n) is 4.11. The molecular weight excluding hydrogens is 396 g/mol. The molecular formula is C23H33N4O4+2. The molecule has 1 aromatic carbocycles. The number of aliphatic imine (C=N–C) groups is 1. The van der Waals surface area contributed by atoms with Crippen molar-refractivity contribution in [3.8, 4) is 0 Å². The number of carbonyl (C=O) groups excluding carboxylic acids is 2. The fraction of sp³-hybridized carbons (Fsp3) is 0.435. The molecule has 0 aromatic heterocycles. The number of nitrogens with two attached hydrogens (primary N) is 1. The highest BCUT2D eigenvalue weighted by atomic mass is 16.7. The van der Waals surface area contributed by atoms with Gasteiger partial charge in [-0.3, -0.25) is 4.84 Å². The van der Waals surface area contributed by atoms with E-state index >= 15 is 0 Å². The van der Waals surface area contributed by atoms with Gasteiger partial charge in [0.05, 0.1) is 6.54 Å². The predicted molar refractivity (Wildman–Crippen MR) is 119 cm³/mol. The van der Waals surface area contributed by atoms with Crippen molar-refractivity contribution in [1.29, 1.82) is 0 Å². The lowest BCUT2D eigenvalue weighted by molar-refractivity contribution is -0.810. The maximum Gasteiger partial charge on any atom is 0.407 e. The second kappa shape index (κ2) is 11.9. The van der Waals surface area contributed by atoms with Crippen LogP contribution < -0.4 is 15.8 Å². The van der Waals surface area contributed by atoms with E-state index in [0.29, 0.717) is 30.7 Å². The molecule has 1 heterocycles. The third kappa shape index (κ3) is 9.48. The summed E-state index contributed by atoms with van der Waals surface area (Å²) in [5.41, 5.74) is 2.86. The van der Waals surface area contributed by atoms with Gasteiger partial charge in [-0.15, -0.1) is 5.48 Å². The molecule has 1 aliphatic heterocycles. The zero-order valence-corrected chi connectivity index (χ0v) is 18.8. The van der Waals surface area contributed by atoms with Gasteiger partial charge < -0.3 is 10.1 Å². The van der Waals surface area contributed by atoms with Gasteiger partial charge in [-0.2, -0.15) is 0 Å². The summed E-state index contributed by atoms with van der Waals surface area (Å²) in [5.74, 6) is -0.439. The summed E-state index contributed by atoms with van der Waals surface area (Å²) in [4.78, 5) is 36.2. The number of nitrogens with zero attached hydrogens (tertiary/aromatic N) is 2. The molecule has 0 bridgehead atoms. The monoisotopic (exact) mass is 429 g/mol. The minimum atomic E-state index is -0.552. The van der Waals surface area contributed by atoms with E-state index in [2.05, 4.69) is 17.2 Å². The highest BCUT2D eigenvalue weighted by Gasteiger charge is 2.21. The molecule has 1 radical (unpaired) electrons. The summed E-state index contributed by atoms with van der Waals surface area (Å²) in [5, 5.41) is 2.71. The van der Waals surface area contributed by atoms with Crippen LogP contribution in [0.25, 0.3) is 0 Å². The summed E-state index contributed by atoms with van der Waals surface area (Å²) in [6.07, 6.45) is 6.89. The Morgan fingerprint density at radius 1 is 1.23 bits per heavy atom. The molecule has 8 nitrogen and oxygen atoms in total. The SMILES string of the molecule is CCCN1C=[N+]C(/C=C(/CCCNC(=O)OC(C)(C)C)C(=O)O[NH2+]c2ccccc2)=C1. The van der Waals surface area contributed by atoms with Crippen LogP contribution in [-0.4, -0.2) is 42.0 Å². The number of ether oxygens (including phenoxy) is 1. The molecule has 1 amide bonds. The average Bonchev–Trinajstić information content (AvgIpc) is 3.15. The Labute approximate surface area is 184 Å². The highest BCUT2D eigenvalue weighted by molar-refractivity contribution is 5.88. The van der Waals surface area contributed by atoms with Crippen LogP contribution in [0.3, 0.4) is 0 Å². The first-order valence-electron chi connectivity index (χ1n) is 10.6. The standard InChI is InChI=1S/C23H32N4O4/c1-5-14-27-16-20(25-17-27)15-18(10-9-13-24-22(29)30-23(2,3)4)21(28)31-26-19-11-7-6-8-12-19/h6-8,11-12,15-17,26H,5,9-10,13-14H2,1-4H3,(H,24,29)/q+1/p+1/b18-15-. The number of allylic oxidation sites excluding steroid dienone is 1. The maximum absolute atomic E-state index is 12.7. The molecule has 0 atom stereocenters. The minimum absolute atomic E-state index is 0.381. The number of benzene rings is 1. The Bertz CT molecular complexity index is 826. The van der Waals surface area contributed by atoms with Crippen molar-refractivity contribution in [2.24, 2.45) is 0 Å². The number of hydrogen-bond acceptors (Lipinski definition) is 6. The topological polar surface area (TPSA) is 98.6 Å². The van der Waals surface area contributed by atoms with Gasteiger partial charge in [-0.1, -0.05) is 25.1 Å². The van der Waals surface area contributed by atoms with E-state index in [4.69, 9.17) is 9.57 Å². The number of amides is 1. The van der Waals surface area contributed by atoms with Crippen molar-refractivity contribution in [2.45, 2.75) is 52.6 Å². The number of alkyl carbamates (subject to hydrolysis) is 1. The number of carbonyl (C=O) groups is 2. The maximum atomic E-state index is 12.7. The van der Waals surface area contributed by atoms with E-state index in [0.717, 1.165) is 18.7 Å². The van der Waals surface area contributed by atoms with E-state index in [9.17, 15) is 9.59 Å². The molecule has 0 saturated carbocycles. The predicted octanol–water partition coefficient (Wildman–Crippen LogP) is 2.50. The zero-order chi connectivity index (χ0) is 22.7. The summed E-state index contributed by atoms with van der Waals surface area (Å²) >= 11 is 0. The Morgan fingerprint density at radius 3 is 2.65 bits per heavy atom. The molecule has 2 rings (SSSR count). The van der Waals surface area contributed by atoms with Crippen LogP contribution in [0.5, 0.6) is 0 Å². The quantitative estimate of drug-likeness (QED) is 0.258. The van der Waals surface area contributed by atoms with Crippen molar-refractivity contribution >= 4 is 24.1 Å². The zero-order valence-electron chi connectivity index (χ0n) is 18.8. The van der Waals surface area contributed by atoms with Crippen LogP contribution in [0, 0.1) is 0 Å². The molecule has 31 heavy (non-hydrogen) atoms. The van der Waals surface area contributed by atoms with E-state index < -0.39 is 17.7 Å². The van der Waals surface area contributed by atoms with E-state index in [1.165, 1.54) is 5.48 Å². The van der Waals surface area contributed by atoms with Gasteiger partial charge in [0.2, 0.25) is 5.70 Å². The van der Waals surface area contributed by atoms with Crippen LogP contribution in [0.2, 0.25) is 0 Å². The molecule has 1 aromatic rings. The lowest BCUT2D eigenvalue weighted by Gasteiger charge is -2.19. The number of nitrogens with one attached hydrogen (secondary N) is 1. The van der Waals surface area contributed by atoms with Gasteiger partial charge in [0, 0.05) is 30.3 Å². The average molecular weight is 430 g/mol. The number of rotatable bonds is 10. The number of quaternary nitrogens is 1. The molecule has 8 heteroatoms. The Morgan fingerprint density at radius 2 is 1.97 bits per heavy atom. The Balaban J connectivity index is 1.96. The lowest BCUT2D eigenvalue weighted by Crippen LogP contribution is -2.77. The second-order valence-electron chi connectivity index (χ2n) is 8.17. The van der Waals surface area contributed by atoms with Crippen molar-refractivity contribution < 1.29 is 24.6 Å². The largest absolute Gasteiger partial charge is 0.444 e. The van der Waals surface area contributed by atoms with Crippen LogP contribution in [-0.2, 0) is 14.4 Å². The van der Waals surface area contributed by atoms with Crippen molar-refractivity contribution in [3.05, 3.63) is 53.9 Å². The summed E-state index contributed by atoms with van der Waals surface area (Å²) in [7, 11) is 0. The molecule has 1 aliphatic rings. The third-order valence-corrected chi connectivity index (χ3v) is 4.11. The highest BCUT2D eigenvalue weighted by Crippen LogP contribution is 2.12. The van der Waals surface area contributed by atoms with Gasteiger partial charge in [-0.25, -0.2) is 14.5 Å². The van der Waals surface area contributed by atoms with Gasteiger partial charge in [0.1, 0.15) is 11.8 Å². The van der Waals surface area contributed by atoms with E-state index in [-0.39, 0.29) is 0 Å². The molecule has 3 N–H and O–H groups in total. The molecule has 0 aliphatic carbocycles. The van der Waals surface area contributed by atoms with Gasteiger partial charge in [-0.05, 0) is 45.0 Å². The number of hydrogen-bond donors (Lipinski definition) is 2. The van der Waals surface area contributed by atoms with E-state index in [1.54, 1.807) is 12.4 Å². The second-order valence-corrected chi connectivity index (χ2v) is 8.17. The van der Waals surface area contributed by atoms with Crippen LogP contribution in [0.1, 0.15) is 47.0 Å². The van der Waals surface area contributed by atoms with Crippen molar-refractivity contribution in [1.82, 2.24) is 15.2 Å². The van der Waals surface area contributed by atoms with Crippen LogP contribution >= 0.6 is 0 Å². The van der Waals surface area contributed by atoms with Crippen molar-refractivity contribution in [2.75, 3.05) is 13.1 Å². The molecule has 167 valence electrons. The molecule has 0 unspecified atom stereocenters. The van der Waals surface area contributed by atoms with Gasteiger partial charge >= 0.3 is 12.1 Å². The van der Waals surface area contributed by atoms with Crippen LogP contribution in [0.4, 0.5) is 10.5 Å². The van der Waals surface area contributed by atoms with Crippen molar-refractivity contribution in [3.63, 3.8) is 0 Å².